The molecule has 0 aliphatic rings. The van der Waals surface area contributed by atoms with E-state index >= 15 is 0 Å². The number of aromatic nitrogens is 2. The third kappa shape index (κ3) is 2.96. The molecule has 0 saturated heterocycles. The molecule has 1 aromatic carbocycles. The van der Waals surface area contributed by atoms with Gasteiger partial charge in [-0.2, -0.15) is 0 Å². The predicted octanol–water partition coefficient (Wildman–Crippen LogP) is 2.04. The molecular weight excluding hydrogens is 308 g/mol. The second kappa shape index (κ2) is 5.44. The predicted molar refractivity (Wildman–Crippen MR) is 77.6 cm³/mol. The summed E-state index contributed by atoms with van der Waals surface area (Å²) in [4.78, 5) is 18.1. The van der Waals surface area contributed by atoms with Crippen LogP contribution in [0.4, 0.5) is 5.69 Å². The van der Waals surface area contributed by atoms with E-state index in [0.29, 0.717) is 17.8 Å². The maximum atomic E-state index is 12.3. The second-order valence-electron chi connectivity index (χ2n) is 4.35. The molecule has 1 heterocycles. The number of rotatable bonds is 3. The first-order valence-corrected chi connectivity index (χ1v) is 6.55. The molecule has 5 nitrogen and oxygen atoms in total. The lowest BCUT2D eigenvalue weighted by Crippen LogP contribution is -2.27. The van der Waals surface area contributed by atoms with Gasteiger partial charge in [-0.3, -0.25) is 4.79 Å². The minimum Gasteiger partial charge on any atom is -0.398 e. The lowest BCUT2D eigenvalue weighted by Gasteiger charge is -2.17. The highest BCUT2D eigenvalue weighted by Crippen LogP contribution is 2.21. The Bertz CT molecular complexity index is 608. The molecule has 1 amide bonds. The highest BCUT2D eigenvalue weighted by atomic mass is 79.9. The minimum absolute atomic E-state index is 0.0660. The maximum absolute atomic E-state index is 12.3. The molecule has 2 aromatic rings. The van der Waals surface area contributed by atoms with Gasteiger partial charge in [-0.1, -0.05) is 0 Å². The first kappa shape index (κ1) is 13.6. The lowest BCUT2D eigenvalue weighted by molar-refractivity contribution is 0.0780. The van der Waals surface area contributed by atoms with Gasteiger partial charge in [-0.05, 0) is 34.1 Å². The van der Waals surface area contributed by atoms with Crippen molar-refractivity contribution in [2.24, 2.45) is 7.05 Å². The van der Waals surface area contributed by atoms with Crippen molar-refractivity contribution in [1.82, 2.24) is 14.5 Å². The van der Waals surface area contributed by atoms with Crippen LogP contribution in [0.15, 0.2) is 35.1 Å². The average molecular weight is 323 g/mol. The van der Waals surface area contributed by atoms with Crippen molar-refractivity contribution in [2.75, 3.05) is 12.8 Å². The first-order chi connectivity index (χ1) is 8.99. The number of halogens is 1. The topological polar surface area (TPSA) is 64.2 Å². The molecule has 0 aliphatic heterocycles. The zero-order valence-electron chi connectivity index (χ0n) is 10.8. The fourth-order valence-corrected chi connectivity index (χ4v) is 2.09. The zero-order valence-corrected chi connectivity index (χ0v) is 12.4. The van der Waals surface area contributed by atoms with Crippen LogP contribution in [-0.2, 0) is 13.6 Å². The molecule has 6 heteroatoms. The van der Waals surface area contributed by atoms with Crippen LogP contribution in [0.3, 0.4) is 0 Å². The fraction of sp³-hybridized carbons (Fsp3) is 0.231. The van der Waals surface area contributed by atoms with E-state index in [1.54, 1.807) is 36.3 Å². The van der Waals surface area contributed by atoms with Crippen molar-refractivity contribution < 1.29 is 4.79 Å². The number of benzene rings is 1. The largest absolute Gasteiger partial charge is 0.398 e. The second-order valence-corrected chi connectivity index (χ2v) is 5.21. The van der Waals surface area contributed by atoms with Gasteiger partial charge in [-0.25, -0.2) is 4.98 Å². The van der Waals surface area contributed by atoms with Gasteiger partial charge in [0.2, 0.25) is 0 Å². The smallest absolute Gasteiger partial charge is 0.254 e. The number of aryl methyl sites for hydroxylation is 1. The summed E-state index contributed by atoms with van der Waals surface area (Å²) < 4.78 is 2.62. The molecule has 2 rings (SSSR count). The third-order valence-electron chi connectivity index (χ3n) is 2.89. The van der Waals surface area contributed by atoms with Crippen LogP contribution in [-0.4, -0.2) is 27.4 Å². The molecule has 0 unspecified atom stereocenters. The summed E-state index contributed by atoms with van der Waals surface area (Å²) in [6.45, 7) is 0.463. The van der Waals surface area contributed by atoms with E-state index in [9.17, 15) is 4.79 Å². The molecule has 0 radical (unpaired) electrons. The number of hydrogen-bond donors (Lipinski definition) is 1. The molecule has 0 bridgehead atoms. The van der Waals surface area contributed by atoms with Crippen LogP contribution in [0, 0.1) is 0 Å². The van der Waals surface area contributed by atoms with Crippen LogP contribution in [0.5, 0.6) is 0 Å². The number of amides is 1. The molecule has 2 N–H and O–H groups in total. The molecule has 0 saturated carbocycles. The molecule has 0 fully saturated rings. The van der Waals surface area contributed by atoms with Crippen LogP contribution < -0.4 is 5.73 Å². The summed E-state index contributed by atoms with van der Waals surface area (Å²) in [5.41, 5.74) is 6.92. The Morgan fingerprint density at radius 2 is 2.26 bits per heavy atom. The summed E-state index contributed by atoms with van der Waals surface area (Å²) in [7, 11) is 3.65. The van der Waals surface area contributed by atoms with Gasteiger partial charge in [0.25, 0.3) is 5.91 Å². The Morgan fingerprint density at radius 3 is 2.84 bits per heavy atom. The molecule has 0 atom stereocenters. The van der Waals surface area contributed by atoms with Crippen LogP contribution in [0.1, 0.15) is 16.2 Å². The minimum atomic E-state index is -0.0660. The summed E-state index contributed by atoms with van der Waals surface area (Å²) >= 11 is 3.32. The quantitative estimate of drug-likeness (QED) is 0.879. The molecule has 100 valence electrons. The van der Waals surface area contributed by atoms with Crippen molar-refractivity contribution in [3.63, 3.8) is 0 Å². The van der Waals surface area contributed by atoms with Crippen LogP contribution in [0.2, 0.25) is 0 Å². The van der Waals surface area contributed by atoms with Gasteiger partial charge in [0.1, 0.15) is 5.82 Å². The number of imidazole rings is 1. The third-order valence-corrected chi connectivity index (χ3v) is 3.58. The number of nitrogen functional groups attached to an aromatic ring is 1. The summed E-state index contributed by atoms with van der Waals surface area (Å²) in [6.07, 6.45) is 3.57. The van der Waals surface area contributed by atoms with Gasteiger partial charge in [0, 0.05) is 42.2 Å². The molecule has 1 aromatic heterocycles. The Balaban J connectivity index is 2.15. The van der Waals surface area contributed by atoms with Gasteiger partial charge in [0.05, 0.1) is 6.54 Å². The summed E-state index contributed by atoms with van der Waals surface area (Å²) in [6, 6.07) is 5.16. The van der Waals surface area contributed by atoms with Gasteiger partial charge in [0.15, 0.2) is 0 Å². The molecule has 19 heavy (non-hydrogen) atoms. The number of anilines is 1. The Labute approximate surface area is 120 Å². The summed E-state index contributed by atoms with van der Waals surface area (Å²) in [5.74, 6) is 0.772. The van der Waals surface area contributed by atoms with Crippen molar-refractivity contribution >= 4 is 27.5 Å². The Hall–Kier alpha value is -1.82. The highest BCUT2D eigenvalue weighted by molar-refractivity contribution is 9.10. The fourth-order valence-electron chi connectivity index (χ4n) is 1.71. The van der Waals surface area contributed by atoms with E-state index in [4.69, 9.17) is 5.73 Å². The standard InChI is InChI=1S/C13H15BrN4O/c1-17-6-5-16-12(17)8-18(2)13(19)9-3-4-11(15)10(14)7-9/h3-7H,8,15H2,1-2H3. The monoisotopic (exact) mass is 322 g/mol. The number of carbonyl (C=O) groups is 1. The SMILES string of the molecule is CN(Cc1nccn1C)C(=O)c1ccc(N)c(Br)c1. The number of carbonyl (C=O) groups excluding carboxylic acids is 1. The molecular formula is C13H15BrN4O. The number of hydrogen-bond acceptors (Lipinski definition) is 3. The van der Waals surface area contributed by atoms with E-state index in [-0.39, 0.29) is 5.91 Å². The zero-order chi connectivity index (χ0) is 14.0. The van der Waals surface area contributed by atoms with E-state index < -0.39 is 0 Å². The lowest BCUT2D eigenvalue weighted by atomic mass is 10.2. The Kier molecular flexibility index (Phi) is 3.90. The first-order valence-electron chi connectivity index (χ1n) is 5.75. The van der Waals surface area contributed by atoms with Crippen molar-refractivity contribution in [3.05, 3.63) is 46.5 Å². The van der Waals surface area contributed by atoms with Crippen molar-refractivity contribution in [3.8, 4) is 0 Å². The van der Waals surface area contributed by atoms with Crippen LogP contribution in [0.25, 0.3) is 0 Å². The van der Waals surface area contributed by atoms with E-state index in [1.807, 2.05) is 17.8 Å². The normalized spacial score (nSPS) is 10.5. The summed E-state index contributed by atoms with van der Waals surface area (Å²) in [5, 5.41) is 0. The molecule has 0 aliphatic carbocycles. The van der Waals surface area contributed by atoms with Crippen molar-refractivity contribution in [1.29, 1.82) is 0 Å². The van der Waals surface area contributed by atoms with E-state index in [0.717, 1.165) is 10.3 Å². The highest BCUT2D eigenvalue weighted by Gasteiger charge is 2.14. The van der Waals surface area contributed by atoms with E-state index in [2.05, 4.69) is 20.9 Å². The van der Waals surface area contributed by atoms with Gasteiger partial charge in [-0.15, -0.1) is 0 Å². The number of nitrogens with two attached hydrogens (primary N) is 1. The maximum Gasteiger partial charge on any atom is 0.254 e. The Morgan fingerprint density at radius 1 is 1.53 bits per heavy atom. The van der Waals surface area contributed by atoms with E-state index in [1.165, 1.54) is 0 Å². The van der Waals surface area contributed by atoms with Gasteiger partial charge >= 0.3 is 0 Å². The number of nitrogens with zero attached hydrogens (tertiary/aromatic N) is 3. The van der Waals surface area contributed by atoms with Crippen molar-refractivity contribution in [2.45, 2.75) is 6.54 Å². The van der Waals surface area contributed by atoms with Crippen LogP contribution >= 0.6 is 15.9 Å². The van der Waals surface area contributed by atoms with Gasteiger partial charge < -0.3 is 15.2 Å². The molecule has 0 spiro atoms. The average Bonchev–Trinajstić information content (AvgIpc) is 2.77.